The molecule has 2 atom stereocenters. The number of carbonyl (C=O) groups excluding carboxylic acids is 1. The van der Waals surface area contributed by atoms with Gasteiger partial charge in [0.15, 0.2) is 9.84 Å². The van der Waals surface area contributed by atoms with Crippen LogP contribution in [0.2, 0.25) is 10.0 Å². The summed E-state index contributed by atoms with van der Waals surface area (Å²) in [7, 11) is -2.99. The van der Waals surface area contributed by atoms with Gasteiger partial charge in [-0.15, -0.1) is 0 Å². The minimum absolute atomic E-state index is 0.0293. The second-order valence-corrected chi connectivity index (χ2v) is 11.5. The van der Waals surface area contributed by atoms with Crippen molar-refractivity contribution in [2.75, 3.05) is 18.1 Å². The fourth-order valence-corrected chi connectivity index (χ4v) is 6.18. The van der Waals surface area contributed by atoms with E-state index >= 15 is 0 Å². The quantitative estimate of drug-likeness (QED) is 0.608. The summed E-state index contributed by atoms with van der Waals surface area (Å²) in [5.74, 6) is -1.15. The number of hydrogen-bond donors (Lipinski definition) is 1. The van der Waals surface area contributed by atoms with E-state index in [1.54, 1.807) is 0 Å². The zero-order valence-corrected chi connectivity index (χ0v) is 19.9. The van der Waals surface area contributed by atoms with E-state index in [2.05, 4.69) is 17.1 Å². The first-order chi connectivity index (χ1) is 15.8. The summed E-state index contributed by atoms with van der Waals surface area (Å²) >= 11 is 11.8. The molecule has 182 valence electrons. The van der Waals surface area contributed by atoms with Crippen molar-refractivity contribution in [2.24, 2.45) is 17.0 Å². The highest BCUT2D eigenvalue weighted by Gasteiger charge is 2.62. The first-order valence-corrected chi connectivity index (χ1v) is 12.7. The topological polar surface area (TPSA) is 84.8 Å². The predicted octanol–water partition coefficient (Wildman–Crippen LogP) is 4.36. The number of halogens is 5. The van der Waals surface area contributed by atoms with Gasteiger partial charge in [-0.25, -0.2) is 8.42 Å². The number of benzene rings is 1. The van der Waals surface area contributed by atoms with Crippen LogP contribution in [0.15, 0.2) is 59.3 Å². The molecular formula is C22H19Cl2F3N2O4S. The number of sulfone groups is 1. The van der Waals surface area contributed by atoms with E-state index in [-0.39, 0.29) is 51.2 Å². The molecule has 0 spiro atoms. The predicted molar refractivity (Wildman–Crippen MR) is 122 cm³/mol. The molecule has 2 heterocycles. The molecule has 1 N–H and O–H groups in total. The van der Waals surface area contributed by atoms with Crippen LogP contribution in [0.5, 0.6) is 0 Å². The lowest BCUT2D eigenvalue weighted by atomic mass is 9.84. The monoisotopic (exact) mass is 534 g/mol. The molecule has 0 aromatic heterocycles. The second kappa shape index (κ2) is 8.73. The first-order valence-electron chi connectivity index (χ1n) is 10.2. The zero-order valence-electron chi connectivity index (χ0n) is 17.5. The van der Waals surface area contributed by atoms with Gasteiger partial charge in [0.25, 0.3) is 5.60 Å². The fraction of sp³-hybridized carbons (Fsp3) is 0.364. The third kappa shape index (κ3) is 4.76. The number of nitrogens with zero attached hydrogens (tertiary/aromatic N) is 1. The van der Waals surface area contributed by atoms with Gasteiger partial charge in [0.1, 0.15) is 0 Å². The summed E-state index contributed by atoms with van der Waals surface area (Å²) in [6, 6.07) is 3.59. The molecule has 12 heteroatoms. The average molecular weight is 535 g/mol. The summed E-state index contributed by atoms with van der Waals surface area (Å²) < 4.78 is 64.9. The molecule has 1 aromatic rings. The number of carbonyl (C=O) groups is 1. The minimum atomic E-state index is -4.82. The molecule has 6 nitrogen and oxygen atoms in total. The standard InChI is InChI=1S/C22H19Cl2F3N2O4S/c1-12-4-14(2-3-18(12)20(30)28-9-13-10-34(31,32)11-13)19-8-21(33-29-19,22(25,26)27)15-5-16(23)7-17(24)6-15/h2-7,13,18H,1,8-11H2,(H,28,30). The number of alkyl halides is 3. The third-order valence-electron chi connectivity index (χ3n) is 5.88. The number of allylic oxidation sites excluding steroid dienone is 3. The number of oxime groups is 1. The molecule has 2 unspecified atom stereocenters. The van der Waals surface area contributed by atoms with E-state index in [1.807, 2.05) is 0 Å². The Morgan fingerprint density at radius 3 is 2.44 bits per heavy atom. The number of nitrogens with one attached hydrogen (secondary N) is 1. The molecule has 1 fully saturated rings. The van der Waals surface area contributed by atoms with Crippen LogP contribution in [0.1, 0.15) is 12.0 Å². The van der Waals surface area contributed by atoms with Crippen LogP contribution in [0, 0.1) is 11.8 Å². The Balaban J connectivity index is 1.47. The Kier molecular flexibility index (Phi) is 6.37. The van der Waals surface area contributed by atoms with Crippen molar-refractivity contribution in [1.29, 1.82) is 0 Å². The van der Waals surface area contributed by atoms with Gasteiger partial charge >= 0.3 is 6.18 Å². The lowest BCUT2D eigenvalue weighted by Crippen LogP contribution is -2.45. The van der Waals surface area contributed by atoms with Crippen LogP contribution in [-0.4, -0.2) is 44.3 Å². The maximum absolute atomic E-state index is 14.2. The summed E-state index contributed by atoms with van der Waals surface area (Å²) in [6.45, 7) is 4.08. The summed E-state index contributed by atoms with van der Waals surface area (Å²) in [6.07, 6.45) is -0.954. The van der Waals surface area contributed by atoms with Crippen molar-refractivity contribution in [3.8, 4) is 0 Å². The summed E-state index contributed by atoms with van der Waals surface area (Å²) in [5, 5.41) is 6.46. The van der Waals surface area contributed by atoms with Crippen LogP contribution >= 0.6 is 23.2 Å². The maximum Gasteiger partial charge on any atom is 0.435 e. The van der Waals surface area contributed by atoms with Crippen LogP contribution in [-0.2, 0) is 25.1 Å². The van der Waals surface area contributed by atoms with E-state index in [0.29, 0.717) is 11.1 Å². The molecule has 1 saturated heterocycles. The molecular weight excluding hydrogens is 516 g/mol. The van der Waals surface area contributed by atoms with Crippen LogP contribution in [0.4, 0.5) is 13.2 Å². The zero-order chi connectivity index (χ0) is 24.9. The van der Waals surface area contributed by atoms with Gasteiger partial charge < -0.3 is 10.2 Å². The van der Waals surface area contributed by atoms with Crippen LogP contribution in [0.3, 0.4) is 0 Å². The maximum atomic E-state index is 14.2. The van der Waals surface area contributed by atoms with Gasteiger partial charge in [-0.3, -0.25) is 4.79 Å². The molecule has 2 aliphatic heterocycles. The highest BCUT2D eigenvalue weighted by atomic mass is 35.5. The molecule has 3 aliphatic rings. The van der Waals surface area contributed by atoms with E-state index in [1.165, 1.54) is 24.3 Å². The lowest BCUT2D eigenvalue weighted by Gasteiger charge is -2.30. The molecule has 34 heavy (non-hydrogen) atoms. The smallest absolute Gasteiger partial charge is 0.374 e. The van der Waals surface area contributed by atoms with Gasteiger partial charge in [-0.1, -0.05) is 47.1 Å². The Hall–Kier alpha value is -2.30. The minimum Gasteiger partial charge on any atom is -0.374 e. The first kappa shape index (κ1) is 24.8. The van der Waals surface area contributed by atoms with Gasteiger partial charge in [0.2, 0.25) is 5.91 Å². The molecule has 4 rings (SSSR count). The van der Waals surface area contributed by atoms with Crippen molar-refractivity contribution >= 4 is 44.7 Å². The average Bonchev–Trinajstić information content (AvgIpc) is 3.16. The van der Waals surface area contributed by atoms with Crippen LogP contribution < -0.4 is 5.32 Å². The van der Waals surface area contributed by atoms with Crippen molar-refractivity contribution in [3.63, 3.8) is 0 Å². The van der Waals surface area contributed by atoms with Gasteiger partial charge in [0, 0.05) is 34.5 Å². The normalized spacial score (nSPS) is 26.4. The Morgan fingerprint density at radius 1 is 1.24 bits per heavy atom. The van der Waals surface area contributed by atoms with Crippen molar-refractivity contribution < 1.29 is 31.2 Å². The second-order valence-electron chi connectivity index (χ2n) is 8.49. The number of rotatable bonds is 5. The van der Waals surface area contributed by atoms with Crippen LogP contribution in [0.25, 0.3) is 0 Å². The Morgan fingerprint density at radius 2 is 1.88 bits per heavy atom. The summed E-state index contributed by atoms with van der Waals surface area (Å²) in [4.78, 5) is 17.5. The molecule has 0 bridgehead atoms. The van der Waals surface area contributed by atoms with Crippen molar-refractivity contribution in [3.05, 3.63) is 69.8 Å². The molecule has 1 aromatic carbocycles. The molecule has 1 amide bonds. The largest absolute Gasteiger partial charge is 0.435 e. The Labute approximate surface area is 204 Å². The van der Waals surface area contributed by atoms with Crippen molar-refractivity contribution in [2.45, 2.75) is 18.2 Å². The molecule has 0 radical (unpaired) electrons. The van der Waals surface area contributed by atoms with Gasteiger partial charge in [0.05, 0.1) is 23.1 Å². The number of hydrogen-bond acceptors (Lipinski definition) is 5. The third-order valence-corrected chi connectivity index (χ3v) is 8.28. The van der Waals surface area contributed by atoms with E-state index in [4.69, 9.17) is 28.0 Å². The van der Waals surface area contributed by atoms with E-state index in [9.17, 15) is 26.4 Å². The molecule has 0 saturated carbocycles. The van der Waals surface area contributed by atoms with Crippen molar-refractivity contribution in [1.82, 2.24) is 5.32 Å². The Bertz CT molecular complexity index is 1220. The highest BCUT2D eigenvalue weighted by molar-refractivity contribution is 7.92. The van der Waals surface area contributed by atoms with E-state index < -0.39 is 34.0 Å². The highest BCUT2D eigenvalue weighted by Crippen LogP contribution is 2.50. The van der Waals surface area contributed by atoms with Gasteiger partial charge in [-0.2, -0.15) is 13.2 Å². The van der Waals surface area contributed by atoms with E-state index in [0.717, 1.165) is 12.1 Å². The number of amides is 1. The fourth-order valence-electron chi connectivity index (χ4n) is 4.08. The lowest BCUT2D eigenvalue weighted by molar-refractivity contribution is -0.275. The SMILES string of the molecule is C=C1C=C(C2=NOC(c3cc(Cl)cc(Cl)c3)(C(F)(F)F)C2)C=CC1C(=O)NCC1CS(=O)(=O)C1. The summed E-state index contributed by atoms with van der Waals surface area (Å²) in [5.41, 5.74) is -2.31. The van der Waals surface area contributed by atoms with Gasteiger partial charge in [-0.05, 0) is 35.4 Å². The molecule has 1 aliphatic carbocycles.